The van der Waals surface area contributed by atoms with Gasteiger partial charge in [-0.25, -0.2) is 0 Å². The van der Waals surface area contributed by atoms with Gasteiger partial charge in [0.25, 0.3) is 0 Å². The number of carbonyl (C=O) groups is 1. The van der Waals surface area contributed by atoms with Gasteiger partial charge in [0.2, 0.25) is 0 Å². The van der Waals surface area contributed by atoms with Crippen molar-refractivity contribution in [2.45, 2.75) is 19.3 Å². The van der Waals surface area contributed by atoms with E-state index in [0.717, 1.165) is 24.3 Å². The number of carboxylic acids is 1. The van der Waals surface area contributed by atoms with E-state index >= 15 is 0 Å². The molecule has 0 aromatic heterocycles. The predicted molar refractivity (Wildman–Crippen MR) is 79.3 cm³/mol. The first-order chi connectivity index (χ1) is 10.2. The highest BCUT2D eigenvalue weighted by Gasteiger charge is 2.56. The standard InChI is InChI=1S/C17H19NO3/c1-2-3-6-9-18-10-14-13-7-4-5-8-15(13)21-12-17(14,11-18)16(19)20/h4-5,7-8,14H,2,9-12H2,1H3,(H,19,20)/t14-,17-/m1/s1. The summed E-state index contributed by atoms with van der Waals surface area (Å²) in [5, 5.41) is 9.77. The van der Waals surface area contributed by atoms with Crippen LogP contribution in [0.4, 0.5) is 0 Å². The molecular formula is C17H19NO3. The predicted octanol–water partition coefficient (Wildman–Crippen LogP) is 1.96. The number of carboxylic acid groups (broad SMARTS) is 1. The molecule has 1 saturated heterocycles. The van der Waals surface area contributed by atoms with Gasteiger partial charge in [0.05, 0.1) is 6.54 Å². The molecule has 1 aromatic carbocycles. The normalized spacial score (nSPS) is 27.0. The maximum Gasteiger partial charge on any atom is 0.315 e. The van der Waals surface area contributed by atoms with Crippen molar-refractivity contribution < 1.29 is 14.6 Å². The molecule has 3 rings (SSSR count). The molecule has 2 aliphatic heterocycles. The molecule has 2 atom stereocenters. The van der Waals surface area contributed by atoms with Crippen molar-refractivity contribution >= 4 is 5.97 Å². The number of rotatable bonds is 2. The Morgan fingerprint density at radius 1 is 1.48 bits per heavy atom. The van der Waals surface area contributed by atoms with Crippen LogP contribution in [0.2, 0.25) is 0 Å². The highest BCUT2D eigenvalue weighted by Crippen LogP contribution is 2.49. The van der Waals surface area contributed by atoms with Crippen LogP contribution in [0, 0.1) is 17.3 Å². The third-order valence-corrected chi connectivity index (χ3v) is 4.42. The quantitative estimate of drug-likeness (QED) is 0.844. The van der Waals surface area contributed by atoms with Gasteiger partial charge in [-0.05, 0) is 11.6 Å². The van der Waals surface area contributed by atoms with E-state index in [1.165, 1.54) is 0 Å². The summed E-state index contributed by atoms with van der Waals surface area (Å²) in [6, 6.07) is 7.77. The van der Waals surface area contributed by atoms with Crippen LogP contribution in [-0.4, -0.2) is 42.2 Å². The molecule has 0 aliphatic carbocycles. The molecule has 1 aromatic rings. The minimum Gasteiger partial charge on any atom is -0.492 e. The molecule has 4 heteroatoms. The lowest BCUT2D eigenvalue weighted by atomic mass is 9.73. The third kappa shape index (κ3) is 2.28. The maximum atomic E-state index is 11.9. The molecule has 0 spiro atoms. The second-order valence-electron chi connectivity index (χ2n) is 5.72. The number of aliphatic carboxylic acids is 1. The van der Waals surface area contributed by atoms with Crippen molar-refractivity contribution in [3.8, 4) is 17.6 Å². The van der Waals surface area contributed by atoms with Crippen LogP contribution in [0.5, 0.6) is 5.75 Å². The lowest BCUT2D eigenvalue weighted by molar-refractivity contribution is -0.151. The number of para-hydroxylation sites is 1. The highest BCUT2D eigenvalue weighted by molar-refractivity contribution is 5.78. The second kappa shape index (κ2) is 5.42. The van der Waals surface area contributed by atoms with E-state index in [-0.39, 0.29) is 12.5 Å². The lowest BCUT2D eigenvalue weighted by Gasteiger charge is -2.35. The van der Waals surface area contributed by atoms with Gasteiger partial charge in [0.1, 0.15) is 17.8 Å². The largest absolute Gasteiger partial charge is 0.492 e. The molecule has 1 fully saturated rings. The number of hydrogen-bond acceptors (Lipinski definition) is 3. The molecule has 0 bridgehead atoms. The zero-order valence-corrected chi connectivity index (χ0v) is 12.1. The minimum atomic E-state index is -0.845. The Bertz CT molecular complexity index is 616. The Morgan fingerprint density at radius 3 is 3.05 bits per heavy atom. The lowest BCUT2D eigenvalue weighted by Crippen LogP contribution is -2.45. The summed E-state index contributed by atoms with van der Waals surface area (Å²) >= 11 is 0. The van der Waals surface area contributed by atoms with Crippen LogP contribution >= 0.6 is 0 Å². The zero-order valence-electron chi connectivity index (χ0n) is 12.1. The summed E-state index contributed by atoms with van der Waals surface area (Å²) in [6.07, 6.45) is 0.827. The van der Waals surface area contributed by atoms with Crippen molar-refractivity contribution in [3.63, 3.8) is 0 Å². The Hall–Kier alpha value is -1.99. The van der Waals surface area contributed by atoms with Gasteiger partial charge in [-0.3, -0.25) is 9.69 Å². The van der Waals surface area contributed by atoms with Gasteiger partial charge >= 0.3 is 5.97 Å². The van der Waals surface area contributed by atoms with Gasteiger partial charge in [-0.1, -0.05) is 31.0 Å². The average molecular weight is 285 g/mol. The van der Waals surface area contributed by atoms with E-state index in [4.69, 9.17) is 4.74 Å². The molecule has 4 nitrogen and oxygen atoms in total. The fourth-order valence-electron chi connectivity index (χ4n) is 3.35. The summed E-state index contributed by atoms with van der Waals surface area (Å²) in [7, 11) is 0. The summed E-state index contributed by atoms with van der Waals surface area (Å²) in [5.41, 5.74) is 0.166. The Morgan fingerprint density at radius 2 is 2.29 bits per heavy atom. The van der Waals surface area contributed by atoms with Gasteiger partial charge in [0, 0.05) is 25.4 Å². The Balaban J connectivity index is 1.92. The van der Waals surface area contributed by atoms with Gasteiger partial charge in [-0.15, -0.1) is 5.92 Å². The highest BCUT2D eigenvalue weighted by atomic mass is 16.5. The fraction of sp³-hybridized carbons (Fsp3) is 0.471. The molecule has 0 unspecified atom stereocenters. The number of ether oxygens (including phenoxy) is 1. The summed E-state index contributed by atoms with van der Waals surface area (Å²) < 4.78 is 5.73. The topological polar surface area (TPSA) is 49.8 Å². The van der Waals surface area contributed by atoms with Crippen molar-refractivity contribution in [3.05, 3.63) is 29.8 Å². The number of hydrogen-bond donors (Lipinski definition) is 1. The fourth-order valence-corrected chi connectivity index (χ4v) is 3.35. The van der Waals surface area contributed by atoms with Crippen molar-refractivity contribution in [2.24, 2.45) is 5.41 Å². The minimum absolute atomic E-state index is 0.0247. The van der Waals surface area contributed by atoms with Crippen molar-refractivity contribution in [2.75, 3.05) is 26.2 Å². The Kier molecular flexibility index (Phi) is 3.60. The molecule has 0 radical (unpaired) electrons. The summed E-state index contributed by atoms with van der Waals surface area (Å²) in [4.78, 5) is 14.0. The third-order valence-electron chi connectivity index (χ3n) is 4.42. The SMILES string of the molecule is CCC#CCN1C[C@@H]2c3ccccc3OC[C@]2(C(=O)O)C1. The van der Waals surface area contributed by atoms with Crippen LogP contribution in [-0.2, 0) is 4.79 Å². The first kappa shape index (κ1) is 14.0. The summed E-state index contributed by atoms with van der Waals surface area (Å²) in [5.74, 6) is 6.18. The monoisotopic (exact) mass is 285 g/mol. The van der Waals surface area contributed by atoms with Gasteiger partial charge in [0.15, 0.2) is 0 Å². The molecule has 2 heterocycles. The molecule has 110 valence electrons. The van der Waals surface area contributed by atoms with E-state index < -0.39 is 11.4 Å². The summed E-state index contributed by atoms with van der Waals surface area (Å²) in [6.45, 7) is 4.10. The van der Waals surface area contributed by atoms with Gasteiger partial charge < -0.3 is 9.84 Å². The van der Waals surface area contributed by atoms with Crippen LogP contribution < -0.4 is 4.74 Å². The van der Waals surface area contributed by atoms with Crippen molar-refractivity contribution in [1.29, 1.82) is 0 Å². The van der Waals surface area contributed by atoms with E-state index in [1.807, 2.05) is 31.2 Å². The zero-order chi connectivity index (χ0) is 14.9. The van der Waals surface area contributed by atoms with E-state index in [9.17, 15) is 9.90 Å². The second-order valence-corrected chi connectivity index (χ2v) is 5.72. The smallest absolute Gasteiger partial charge is 0.315 e. The number of likely N-dealkylation sites (tertiary alicyclic amines) is 1. The Labute approximate surface area is 124 Å². The molecular weight excluding hydrogens is 266 g/mol. The van der Waals surface area contributed by atoms with E-state index in [0.29, 0.717) is 13.1 Å². The molecule has 0 saturated carbocycles. The average Bonchev–Trinajstić information content (AvgIpc) is 2.88. The van der Waals surface area contributed by atoms with Crippen LogP contribution in [0.3, 0.4) is 0 Å². The van der Waals surface area contributed by atoms with Crippen LogP contribution in [0.25, 0.3) is 0 Å². The van der Waals surface area contributed by atoms with Crippen LogP contribution in [0.15, 0.2) is 24.3 Å². The molecule has 2 aliphatic rings. The molecule has 21 heavy (non-hydrogen) atoms. The first-order valence-corrected chi connectivity index (χ1v) is 7.30. The van der Waals surface area contributed by atoms with Crippen LogP contribution in [0.1, 0.15) is 24.8 Å². The first-order valence-electron chi connectivity index (χ1n) is 7.30. The number of benzene rings is 1. The van der Waals surface area contributed by atoms with E-state index in [2.05, 4.69) is 16.7 Å². The molecule has 0 amide bonds. The van der Waals surface area contributed by atoms with E-state index in [1.54, 1.807) is 0 Å². The van der Waals surface area contributed by atoms with Gasteiger partial charge in [-0.2, -0.15) is 0 Å². The maximum absolute atomic E-state index is 11.9. The van der Waals surface area contributed by atoms with Crippen molar-refractivity contribution in [1.82, 2.24) is 4.90 Å². The number of nitrogens with zero attached hydrogens (tertiary/aromatic N) is 1. The number of fused-ring (bicyclic) bond motifs is 3. The molecule has 1 N–H and O–H groups in total.